The van der Waals surface area contributed by atoms with Gasteiger partial charge in [0.25, 0.3) is 0 Å². The van der Waals surface area contributed by atoms with Gasteiger partial charge >= 0.3 is 6.18 Å². The van der Waals surface area contributed by atoms with Gasteiger partial charge in [-0.1, -0.05) is 13.8 Å². The van der Waals surface area contributed by atoms with E-state index in [-0.39, 0.29) is 22.9 Å². The first-order chi connectivity index (χ1) is 7.80. The van der Waals surface area contributed by atoms with Crippen LogP contribution in [-0.2, 0) is 6.18 Å². The first kappa shape index (κ1) is 12.4. The fraction of sp³-hybridized carbons (Fsp3) is 0.583. The largest absolute Gasteiger partial charge is 0.418 e. The summed E-state index contributed by atoms with van der Waals surface area (Å²) in [7, 11) is 0. The van der Waals surface area contributed by atoms with E-state index < -0.39 is 11.7 Å². The smallest absolute Gasteiger partial charge is 0.330 e. The van der Waals surface area contributed by atoms with Crippen molar-refractivity contribution in [2.45, 2.75) is 25.9 Å². The highest BCUT2D eigenvalue weighted by Crippen LogP contribution is 2.64. The Morgan fingerprint density at radius 3 is 2.53 bits per heavy atom. The highest BCUT2D eigenvalue weighted by Gasteiger charge is 2.59. The molecule has 0 saturated heterocycles. The lowest BCUT2D eigenvalue weighted by Crippen LogP contribution is -2.11. The van der Waals surface area contributed by atoms with E-state index >= 15 is 0 Å². The summed E-state index contributed by atoms with van der Waals surface area (Å²) in [5.41, 5.74) is 4.90. The number of hydrogen-bond donors (Lipinski definition) is 1. The van der Waals surface area contributed by atoms with Gasteiger partial charge in [-0.15, -0.1) is 0 Å². The third kappa shape index (κ3) is 1.92. The monoisotopic (exact) mass is 244 g/mol. The molecule has 0 aromatic carbocycles. The summed E-state index contributed by atoms with van der Waals surface area (Å²) in [4.78, 5) is 3.93. The zero-order chi connectivity index (χ0) is 12.8. The number of alkyl halides is 3. The average molecular weight is 244 g/mol. The van der Waals surface area contributed by atoms with E-state index in [0.29, 0.717) is 6.54 Å². The molecule has 0 aliphatic heterocycles. The Balaban J connectivity index is 2.42. The Labute approximate surface area is 98.0 Å². The Bertz CT molecular complexity index is 426. The van der Waals surface area contributed by atoms with Crippen LogP contribution < -0.4 is 5.73 Å². The van der Waals surface area contributed by atoms with E-state index in [4.69, 9.17) is 5.73 Å². The summed E-state index contributed by atoms with van der Waals surface area (Å²) in [5, 5.41) is 0. The zero-order valence-corrected chi connectivity index (χ0v) is 9.75. The van der Waals surface area contributed by atoms with Crippen molar-refractivity contribution >= 4 is 0 Å². The highest BCUT2D eigenvalue weighted by atomic mass is 19.4. The van der Waals surface area contributed by atoms with Crippen molar-refractivity contribution in [1.82, 2.24) is 4.98 Å². The maximum absolute atomic E-state index is 12.8. The molecule has 0 spiro atoms. The molecule has 2 N–H and O–H groups in total. The van der Waals surface area contributed by atoms with Crippen LogP contribution in [0.3, 0.4) is 0 Å². The number of pyridine rings is 1. The van der Waals surface area contributed by atoms with Gasteiger partial charge in [0.05, 0.1) is 11.3 Å². The molecular formula is C12H15F3N2. The van der Waals surface area contributed by atoms with Crippen LogP contribution in [0.2, 0.25) is 0 Å². The topological polar surface area (TPSA) is 38.9 Å². The second-order valence-corrected chi connectivity index (χ2v) is 5.08. The van der Waals surface area contributed by atoms with E-state index in [0.717, 1.165) is 6.07 Å². The minimum Gasteiger partial charge on any atom is -0.330 e. The molecule has 1 heterocycles. The van der Waals surface area contributed by atoms with Crippen molar-refractivity contribution in [2.75, 3.05) is 6.54 Å². The molecule has 0 bridgehead atoms. The van der Waals surface area contributed by atoms with Crippen LogP contribution in [0.1, 0.15) is 31.0 Å². The maximum Gasteiger partial charge on any atom is 0.418 e. The Morgan fingerprint density at radius 2 is 2.06 bits per heavy atom. The second kappa shape index (κ2) is 3.70. The Kier molecular flexibility index (Phi) is 2.69. The van der Waals surface area contributed by atoms with Gasteiger partial charge in [-0.2, -0.15) is 13.2 Å². The van der Waals surface area contributed by atoms with Crippen LogP contribution in [0.5, 0.6) is 0 Å². The van der Waals surface area contributed by atoms with Crippen molar-refractivity contribution in [2.24, 2.45) is 17.1 Å². The maximum atomic E-state index is 12.8. The summed E-state index contributed by atoms with van der Waals surface area (Å²) in [6.07, 6.45) is -2.94. The molecule has 2 rings (SSSR count). The van der Waals surface area contributed by atoms with Gasteiger partial charge in [0.2, 0.25) is 0 Å². The van der Waals surface area contributed by atoms with Crippen LogP contribution in [0.4, 0.5) is 13.2 Å². The van der Waals surface area contributed by atoms with Gasteiger partial charge in [0.1, 0.15) is 0 Å². The fourth-order valence-electron chi connectivity index (χ4n) is 2.63. The SMILES string of the molecule is CC1(C)[C@@H](CN)[C@@H]1c1ncccc1C(F)(F)F. The van der Waals surface area contributed by atoms with E-state index in [1.165, 1.54) is 12.3 Å². The minimum atomic E-state index is -4.35. The molecule has 0 radical (unpaired) electrons. The van der Waals surface area contributed by atoms with Crippen molar-refractivity contribution in [3.63, 3.8) is 0 Å². The van der Waals surface area contributed by atoms with Crippen LogP contribution in [0.15, 0.2) is 18.3 Å². The molecule has 0 amide bonds. The quantitative estimate of drug-likeness (QED) is 0.868. The van der Waals surface area contributed by atoms with Crippen LogP contribution >= 0.6 is 0 Å². The van der Waals surface area contributed by atoms with Crippen molar-refractivity contribution < 1.29 is 13.2 Å². The number of rotatable bonds is 2. The predicted molar refractivity (Wildman–Crippen MR) is 58.3 cm³/mol. The lowest BCUT2D eigenvalue weighted by Gasteiger charge is -2.12. The predicted octanol–water partition coefficient (Wildman–Crippen LogP) is 2.80. The Morgan fingerprint density at radius 1 is 1.41 bits per heavy atom. The van der Waals surface area contributed by atoms with Crippen molar-refractivity contribution in [3.8, 4) is 0 Å². The molecule has 94 valence electrons. The molecule has 1 fully saturated rings. The van der Waals surface area contributed by atoms with Crippen LogP contribution in [0.25, 0.3) is 0 Å². The summed E-state index contributed by atoms with van der Waals surface area (Å²) in [6, 6.07) is 2.41. The number of hydrogen-bond acceptors (Lipinski definition) is 2. The van der Waals surface area contributed by atoms with Crippen molar-refractivity contribution in [3.05, 3.63) is 29.6 Å². The average Bonchev–Trinajstić information content (AvgIpc) is 2.79. The second-order valence-electron chi connectivity index (χ2n) is 5.08. The molecule has 1 aliphatic carbocycles. The van der Waals surface area contributed by atoms with E-state index in [1.807, 2.05) is 13.8 Å². The molecular weight excluding hydrogens is 229 g/mol. The first-order valence-corrected chi connectivity index (χ1v) is 5.52. The third-order valence-electron chi connectivity index (χ3n) is 3.74. The molecule has 2 atom stereocenters. The number of aromatic nitrogens is 1. The number of nitrogens with zero attached hydrogens (tertiary/aromatic N) is 1. The summed E-state index contributed by atoms with van der Waals surface area (Å²) in [5.74, 6) is -0.108. The standard InChI is InChI=1S/C12H15F3N2/c1-11(2)8(6-16)9(11)10-7(12(13,14)15)4-3-5-17-10/h3-5,8-9H,6,16H2,1-2H3/t8-,9+/m0/s1. The van der Waals surface area contributed by atoms with E-state index in [1.54, 1.807) is 0 Å². The van der Waals surface area contributed by atoms with Gasteiger partial charge in [0, 0.05) is 12.1 Å². The molecule has 17 heavy (non-hydrogen) atoms. The molecule has 1 saturated carbocycles. The summed E-state index contributed by atoms with van der Waals surface area (Å²) < 4.78 is 38.5. The first-order valence-electron chi connectivity index (χ1n) is 5.52. The zero-order valence-electron chi connectivity index (χ0n) is 9.75. The highest BCUT2D eigenvalue weighted by molar-refractivity contribution is 5.34. The summed E-state index contributed by atoms with van der Waals surface area (Å²) >= 11 is 0. The van der Waals surface area contributed by atoms with Crippen LogP contribution in [0, 0.1) is 11.3 Å². The normalized spacial score (nSPS) is 26.9. The molecule has 0 unspecified atom stereocenters. The third-order valence-corrected chi connectivity index (χ3v) is 3.74. The molecule has 2 nitrogen and oxygen atoms in total. The fourth-order valence-corrected chi connectivity index (χ4v) is 2.63. The van der Waals surface area contributed by atoms with Gasteiger partial charge in [-0.3, -0.25) is 4.98 Å². The Hall–Kier alpha value is -1.10. The molecule has 1 aromatic rings. The number of nitrogens with two attached hydrogens (primary N) is 1. The molecule has 5 heteroatoms. The molecule has 1 aliphatic rings. The molecule has 1 aromatic heterocycles. The lowest BCUT2D eigenvalue weighted by molar-refractivity contribution is -0.138. The minimum absolute atomic E-state index is 0.0819. The van der Waals surface area contributed by atoms with Gasteiger partial charge in [0.15, 0.2) is 0 Å². The van der Waals surface area contributed by atoms with Gasteiger partial charge in [-0.05, 0) is 30.0 Å². The van der Waals surface area contributed by atoms with Crippen LogP contribution in [-0.4, -0.2) is 11.5 Å². The lowest BCUT2D eigenvalue weighted by atomic mass is 10.0. The van der Waals surface area contributed by atoms with E-state index in [2.05, 4.69) is 4.98 Å². The van der Waals surface area contributed by atoms with Gasteiger partial charge < -0.3 is 5.73 Å². The van der Waals surface area contributed by atoms with Crippen molar-refractivity contribution in [1.29, 1.82) is 0 Å². The van der Waals surface area contributed by atoms with E-state index in [9.17, 15) is 13.2 Å². The summed E-state index contributed by atoms with van der Waals surface area (Å²) in [6.45, 7) is 4.26. The van der Waals surface area contributed by atoms with Gasteiger partial charge in [-0.25, -0.2) is 0 Å². The number of halogens is 3.